The number of anilines is 1. The van der Waals surface area contributed by atoms with E-state index in [1.807, 2.05) is 17.8 Å². The molecule has 2 rings (SSSR count). The predicted molar refractivity (Wildman–Crippen MR) is 57.3 cm³/mol. The van der Waals surface area contributed by atoms with Crippen LogP contribution in [0.1, 0.15) is 12.7 Å². The lowest BCUT2D eigenvalue weighted by molar-refractivity contribution is 0.708. The molecule has 0 aliphatic carbocycles. The minimum atomic E-state index is 0.731. The molecule has 74 valence electrons. The SMILES string of the molecule is CCn1ccnc1CNc1nccs1. The van der Waals surface area contributed by atoms with Crippen molar-refractivity contribution in [1.82, 2.24) is 14.5 Å². The molecule has 0 saturated carbocycles. The minimum Gasteiger partial charge on any atom is -0.354 e. The van der Waals surface area contributed by atoms with Crippen LogP contribution in [-0.2, 0) is 13.1 Å². The van der Waals surface area contributed by atoms with Crippen molar-refractivity contribution in [2.45, 2.75) is 20.0 Å². The van der Waals surface area contributed by atoms with Crippen molar-refractivity contribution >= 4 is 16.5 Å². The van der Waals surface area contributed by atoms with Gasteiger partial charge in [0.1, 0.15) is 5.82 Å². The summed E-state index contributed by atoms with van der Waals surface area (Å²) in [7, 11) is 0. The van der Waals surface area contributed by atoms with Gasteiger partial charge in [0.15, 0.2) is 5.13 Å². The van der Waals surface area contributed by atoms with Crippen LogP contribution in [0.4, 0.5) is 5.13 Å². The molecule has 0 bridgehead atoms. The summed E-state index contributed by atoms with van der Waals surface area (Å²) in [6.45, 7) is 3.79. The molecule has 14 heavy (non-hydrogen) atoms. The van der Waals surface area contributed by atoms with Crippen LogP contribution in [0, 0.1) is 0 Å². The van der Waals surface area contributed by atoms with Crippen LogP contribution in [0.25, 0.3) is 0 Å². The summed E-state index contributed by atoms with van der Waals surface area (Å²) in [5.74, 6) is 1.04. The van der Waals surface area contributed by atoms with Crippen molar-refractivity contribution in [3.05, 3.63) is 29.8 Å². The van der Waals surface area contributed by atoms with Crippen molar-refractivity contribution < 1.29 is 0 Å². The van der Waals surface area contributed by atoms with Crippen LogP contribution in [0.15, 0.2) is 24.0 Å². The predicted octanol–water partition coefficient (Wildman–Crippen LogP) is 1.97. The zero-order valence-corrected chi connectivity index (χ0v) is 8.79. The monoisotopic (exact) mass is 208 g/mol. The van der Waals surface area contributed by atoms with E-state index < -0.39 is 0 Å². The number of hydrogen-bond acceptors (Lipinski definition) is 4. The van der Waals surface area contributed by atoms with Crippen LogP contribution < -0.4 is 5.32 Å². The third-order valence-corrected chi connectivity index (χ3v) is 2.70. The first-order chi connectivity index (χ1) is 6.90. The zero-order valence-electron chi connectivity index (χ0n) is 7.97. The van der Waals surface area contributed by atoms with Gasteiger partial charge in [-0.25, -0.2) is 9.97 Å². The molecule has 0 unspecified atom stereocenters. The zero-order chi connectivity index (χ0) is 9.80. The molecule has 0 spiro atoms. The van der Waals surface area contributed by atoms with Crippen LogP contribution in [0.5, 0.6) is 0 Å². The van der Waals surface area contributed by atoms with Crippen molar-refractivity contribution in [3.63, 3.8) is 0 Å². The van der Waals surface area contributed by atoms with Crippen molar-refractivity contribution in [1.29, 1.82) is 0 Å². The number of nitrogens with zero attached hydrogens (tertiary/aromatic N) is 3. The van der Waals surface area contributed by atoms with Gasteiger partial charge in [0.2, 0.25) is 0 Å². The molecule has 4 nitrogen and oxygen atoms in total. The fraction of sp³-hybridized carbons (Fsp3) is 0.333. The van der Waals surface area contributed by atoms with E-state index in [-0.39, 0.29) is 0 Å². The van der Waals surface area contributed by atoms with Crippen LogP contribution >= 0.6 is 11.3 Å². The van der Waals surface area contributed by atoms with E-state index in [0.717, 1.165) is 24.0 Å². The maximum absolute atomic E-state index is 4.26. The molecule has 5 heteroatoms. The summed E-state index contributed by atoms with van der Waals surface area (Å²) in [6, 6.07) is 0. The highest BCUT2D eigenvalue weighted by atomic mass is 32.1. The van der Waals surface area contributed by atoms with Gasteiger partial charge in [0.05, 0.1) is 6.54 Å². The third-order valence-electron chi connectivity index (χ3n) is 1.97. The second kappa shape index (κ2) is 4.23. The van der Waals surface area contributed by atoms with Gasteiger partial charge in [0.25, 0.3) is 0 Å². The van der Waals surface area contributed by atoms with Gasteiger partial charge in [-0.3, -0.25) is 0 Å². The highest BCUT2D eigenvalue weighted by Gasteiger charge is 2.01. The molecule has 2 heterocycles. The topological polar surface area (TPSA) is 42.7 Å². The lowest BCUT2D eigenvalue weighted by Crippen LogP contribution is -2.07. The van der Waals surface area contributed by atoms with Gasteiger partial charge in [0, 0.05) is 30.5 Å². The molecule has 2 aromatic rings. The normalized spacial score (nSPS) is 10.4. The van der Waals surface area contributed by atoms with Gasteiger partial charge >= 0.3 is 0 Å². The third kappa shape index (κ3) is 1.93. The molecular weight excluding hydrogens is 196 g/mol. The Hall–Kier alpha value is -1.36. The minimum absolute atomic E-state index is 0.731. The second-order valence-electron chi connectivity index (χ2n) is 2.82. The van der Waals surface area contributed by atoms with E-state index in [0.29, 0.717) is 0 Å². The van der Waals surface area contributed by atoms with E-state index >= 15 is 0 Å². The lowest BCUT2D eigenvalue weighted by atomic mass is 10.5. The van der Waals surface area contributed by atoms with Crippen LogP contribution in [0.3, 0.4) is 0 Å². The Morgan fingerprint density at radius 1 is 1.43 bits per heavy atom. The van der Waals surface area contributed by atoms with E-state index in [4.69, 9.17) is 0 Å². The molecule has 0 aliphatic rings. The maximum Gasteiger partial charge on any atom is 0.182 e. The molecule has 0 aliphatic heterocycles. The molecular formula is C9H12N4S. The molecule has 1 N–H and O–H groups in total. The summed E-state index contributed by atoms with van der Waals surface area (Å²) in [4.78, 5) is 8.41. The summed E-state index contributed by atoms with van der Waals surface area (Å²) < 4.78 is 2.11. The summed E-state index contributed by atoms with van der Waals surface area (Å²) >= 11 is 1.60. The van der Waals surface area contributed by atoms with Crippen LogP contribution in [-0.4, -0.2) is 14.5 Å². The highest BCUT2D eigenvalue weighted by Crippen LogP contribution is 2.11. The van der Waals surface area contributed by atoms with Crippen molar-refractivity contribution in [3.8, 4) is 0 Å². The summed E-state index contributed by atoms with van der Waals surface area (Å²) in [6.07, 6.45) is 5.60. The number of thiazole rings is 1. The quantitative estimate of drug-likeness (QED) is 0.835. The van der Waals surface area contributed by atoms with E-state index in [1.165, 1.54) is 0 Å². The van der Waals surface area contributed by atoms with Gasteiger partial charge in [-0.15, -0.1) is 11.3 Å². The highest BCUT2D eigenvalue weighted by molar-refractivity contribution is 7.13. The standard InChI is InChI=1S/C9H12N4S/c1-2-13-5-3-10-8(13)7-12-9-11-4-6-14-9/h3-6H,2,7H2,1H3,(H,11,12). The molecule has 0 aromatic carbocycles. The van der Waals surface area contributed by atoms with E-state index in [9.17, 15) is 0 Å². The summed E-state index contributed by atoms with van der Waals surface area (Å²) in [5.41, 5.74) is 0. The fourth-order valence-electron chi connectivity index (χ4n) is 1.26. The van der Waals surface area contributed by atoms with Gasteiger partial charge < -0.3 is 9.88 Å². The Morgan fingerprint density at radius 2 is 2.36 bits per heavy atom. The lowest BCUT2D eigenvalue weighted by Gasteiger charge is -2.04. The van der Waals surface area contributed by atoms with Gasteiger partial charge in [-0.2, -0.15) is 0 Å². The van der Waals surface area contributed by atoms with E-state index in [2.05, 4.69) is 26.8 Å². The van der Waals surface area contributed by atoms with Gasteiger partial charge in [-0.1, -0.05) is 0 Å². The molecule has 0 amide bonds. The molecule has 0 saturated heterocycles. The fourth-order valence-corrected chi connectivity index (χ4v) is 1.79. The first kappa shape index (κ1) is 9.21. The second-order valence-corrected chi connectivity index (χ2v) is 3.71. The first-order valence-corrected chi connectivity index (χ1v) is 5.41. The Labute approximate surface area is 86.6 Å². The molecule has 0 fully saturated rings. The number of nitrogens with one attached hydrogen (secondary N) is 1. The van der Waals surface area contributed by atoms with Crippen molar-refractivity contribution in [2.24, 2.45) is 0 Å². The van der Waals surface area contributed by atoms with Crippen LogP contribution in [0.2, 0.25) is 0 Å². The smallest absolute Gasteiger partial charge is 0.182 e. The summed E-state index contributed by atoms with van der Waals surface area (Å²) in [5, 5.41) is 6.12. The van der Waals surface area contributed by atoms with Crippen molar-refractivity contribution in [2.75, 3.05) is 5.32 Å². The maximum atomic E-state index is 4.26. The molecule has 0 atom stereocenters. The Kier molecular flexibility index (Phi) is 2.78. The molecule has 0 radical (unpaired) electrons. The largest absolute Gasteiger partial charge is 0.354 e. The average Bonchev–Trinajstić information content (AvgIpc) is 2.85. The molecule has 2 aromatic heterocycles. The van der Waals surface area contributed by atoms with Gasteiger partial charge in [-0.05, 0) is 6.92 Å². The number of aryl methyl sites for hydroxylation is 1. The Balaban J connectivity index is 1.98. The Morgan fingerprint density at radius 3 is 3.07 bits per heavy atom. The number of hydrogen-bond donors (Lipinski definition) is 1. The number of rotatable bonds is 4. The number of imidazole rings is 1. The van der Waals surface area contributed by atoms with E-state index in [1.54, 1.807) is 17.5 Å². The number of aromatic nitrogens is 3. The Bertz CT molecular complexity index is 379. The average molecular weight is 208 g/mol. The first-order valence-electron chi connectivity index (χ1n) is 4.53.